The molecule has 11 nitrogen and oxygen atoms in total. The van der Waals surface area contributed by atoms with Gasteiger partial charge in [-0.1, -0.05) is 0 Å². The van der Waals surface area contributed by atoms with E-state index in [4.69, 9.17) is 40.0 Å². The Labute approximate surface area is 282 Å². The van der Waals surface area contributed by atoms with Crippen molar-refractivity contribution in [2.75, 3.05) is 89.7 Å². The largest absolute Gasteiger partial charge is 0.507 e. The van der Waals surface area contributed by atoms with Crippen LogP contribution in [0.2, 0.25) is 0 Å². The van der Waals surface area contributed by atoms with Gasteiger partial charge in [-0.3, -0.25) is 9.59 Å². The molecule has 47 heavy (non-hydrogen) atoms. The highest BCUT2D eigenvalue weighted by Gasteiger charge is 2.35. The maximum absolute atomic E-state index is 14.0. The lowest BCUT2D eigenvalue weighted by Crippen LogP contribution is -2.29. The number of carbonyl (C=O) groups is 2. The standard InChI is InChI=1S/C34H39ClN2O9S/c1-21(38)36-27-14-22-15-32(47-31(22)18-30(27)46-13-12-45-11-10-44-9-8-43-7-6-41-2)34(40)37-20-23(19-35)33-26-16-24(42-3)4-5-25(26)29(39)17-28(33)37/h4-5,14-18,23,39H,6-13,19-20H2,1-3H3,(H,36,38)/t23-/m1/s1. The van der Waals surface area contributed by atoms with Crippen molar-refractivity contribution in [1.29, 1.82) is 0 Å². The second-order valence-electron chi connectivity index (χ2n) is 10.9. The SMILES string of the molecule is COCCOCCOCCOCCOc1cc2sc(C(=O)N3C[C@@H](CCl)c4c3cc(O)c3ccc(OC)cc43)cc2cc1NC(C)=O. The summed E-state index contributed by atoms with van der Waals surface area (Å²) in [7, 11) is 3.21. The highest BCUT2D eigenvalue weighted by atomic mass is 35.5. The van der Waals surface area contributed by atoms with Gasteiger partial charge in [0.15, 0.2) is 0 Å². The molecule has 2 N–H and O–H groups in total. The Bertz CT molecular complexity index is 1710. The number of halogens is 1. The fourth-order valence-electron chi connectivity index (χ4n) is 5.51. The zero-order valence-electron chi connectivity index (χ0n) is 26.6. The number of aromatic hydroxyl groups is 1. The summed E-state index contributed by atoms with van der Waals surface area (Å²) in [6, 6.07) is 12.5. The maximum Gasteiger partial charge on any atom is 0.268 e. The first-order valence-corrected chi connectivity index (χ1v) is 16.6. The van der Waals surface area contributed by atoms with Crippen LogP contribution in [0.3, 0.4) is 0 Å². The van der Waals surface area contributed by atoms with E-state index in [-0.39, 0.29) is 30.1 Å². The van der Waals surface area contributed by atoms with E-state index in [1.165, 1.54) is 18.3 Å². The summed E-state index contributed by atoms with van der Waals surface area (Å²) >= 11 is 7.74. The predicted octanol–water partition coefficient (Wildman–Crippen LogP) is 5.78. The maximum atomic E-state index is 14.0. The summed E-state index contributed by atoms with van der Waals surface area (Å²) in [5.74, 6) is 0.930. The number of hydrogen-bond donors (Lipinski definition) is 2. The summed E-state index contributed by atoms with van der Waals surface area (Å²) < 4.78 is 33.6. The molecule has 0 radical (unpaired) electrons. The molecular weight excluding hydrogens is 648 g/mol. The Morgan fingerprint density at radius 3 is 2.30 bits per heavy atom. The number of phenolic OH excluding ortho intramolecular Hbond substituents is 1. The summed E-state index contributed by atoms with van der Waals surface area (Å²) in [5, 5.41) is 16.0. The van der Waals surface area contributed by atoms with Crippen LogP contribution in [-0.4, -0.2) is 96.4 Å². The van der Waals surface area contributed by atoms with Gasteiger partial charge in [0.05, 0.1) is 69.6 Å². The van der Waals surface area contributed by atoms with Crippen LogP contribution in [0.4, 0.5) is 11.4 Å². The summed E-state index contributed by atoms with van der Waals surface area (Å²) in [4.78, 5) is 28.2. The molecule has 0 bridgehead atoms. The van der Waals surface area contributed by atoms with Crippen LogP contribution in [0.15, 0.2) is 42.5 Å². The quantitative estimate of drug-likeness (QED) is 0.105. The van der Waals surface area contributed by atoms with Gasteiger partial charge in [0, 0.05) is 54.6 Å². The molecule has 13 heteroatoms. The second kappa shape index (κ2) is 16.4. The molecule has 1 atom stereocenters. The average molecular weight is 687 g/mol. The Morgan fingerprint density at radius 2 is 1.64 bits per heavy atom. The lowest BCUT2D eigenvalue weighted by Gasteiger charge is -2.17. The molecule has 5 rings (SSSR count). The van der Waals surface area contributed by atoms with Crippen LogP contribution in [0.25, 0.3) is 20.9 Å². The van der Waals surface area contributed by atoms with E-state index >= 15 is 0 Å². The van der Waals surface area contributed by atoms with Crippen molar-refractivity contribution in [2.45, 2.75) is 12.8 Å². The van der Waals surface area contributed by atoms with Crippen molar-refractivity contribution < 1.29 is 43.1 Å². The van der Waals surface area contributed by atoms with Crippen LogP contribution in [0.5, 0.6) is 17.2 Å². The average Bonchev–Trinajstić information content (AvgIpc) is 3.65. The molecule has 4 aromatic rings. The first kappa shape index (κ1) is 34.7. The lowest BCUT2D eigenvalue weighted by molar-refractivity contribution is -0.114. The Hall–Kier alpha value is -3.65. The van der Waals surface area contributed by atoms with Crippen molar-refractivity contribution in [1.82, 2.24) is 0 Å². The lowest BCUT2D eigenvalue weighted by atomic mass is 9.95. The number of thiophene rings is 1. The molecule has 0 spiro atoms. The second-order valence-corrected chi connectivity index (χ2v) is 12.3. The van der Waals surface area contributed by atoms with E-state index in [0.717, 1.165) is 21.0 Å². The van der Waals surface area contributed by atoms with Crippen LogP contribution in [0.1, 0.15) is 28.1 Å². The zero-order chi connectivity index (χ0) is 33.3. The number of phenols is 1. The first-order chi connectivity index (χ1) is 22.8. The molecular formula is C34H39ClN2O9S. The number of alkyl halides is 1. The third-order valence-corrected chi connectivity index (χ3v) is 9.14. The van der Waals surface area contributed by atoms with E-state index in [1.54, 1.807) is 43.4 Å². The van der Waals surface area contributed by atoms with Crippen LogP contribution in [0, 0.1) is 0 Å². The van der Waals surface area contributed by atoms with Gasteiger partial charge in [0.2, 0.25) is 5.91 Å². The van der Waals surface area contributed by atoms with Gasteiger partial charge in [-0.25, -0.2) is 0 Å². The van der Waals surface area contributed by atoms with Gasteiger partial charge in [-0.05, 0) is 46.7 Å². The minimum Gasteiger partial charge on any atom is -0.507 e. The Kier molecular flexibility index (Phi) is 12.1. The van der Waals surface area contributed by atoms with E-state index in [0.29, 0.717) is 91.8 Å². The van der Waals surface area contributed by atoms with Crippen molar-refractivity contribution in [2.24, 2.45) is 0 Å². The monoisotopic (exact) mass is 686 g/mol. The topological polar surface area (TPSA) is 125 Å². The fraction of sp³-hybridized carbons (Fsp3) is 0.412. The number of methoxy groups -OCH3 is 2. The molecule has 3 aromatic carbocycles. The fourth-order valence-corrected chi connectivity index (χ4v) is 6.78. The molecule has 1 aromatic heterocycles. The number of nitrogens with zero attached hydrogens (tertiary/aromatic N) is 1. The molecule has 0 saturated carbocycles. The molecule has 252 valence electrons. The van der Waals surface area contributed by atoms with Crippen molar-refractivity contribution in [3.8, 4) is 17.2 Å². The number of rotatable bonds is 17. The van der Waals surface area contributed by atoms with E-state index in [9.17, 15) is 14.7 Å². The van der Waals surface area contributed by atoms with E-state index in [2.05, 4.69) is 5.32 Å². The number of anilines is 2. The van der Waals surface area contributed by atoms with Crippen LogP contribution >= 0.6 is 22.9 Å². The van der Waals surface area contributed by atoms with Crippen molar-refractivity contribution in [3.05, 3.63) is 52.9 Å². The number of fused-ring (bicyclic) bond motifs is 4. The van der Waals surface area contributed by atoms with Crippen LogP contribution in [-0.2, 0) is 23.7 Å². The summed E-state index contributed by atoms with van der Waals surface area (Å²) in [5.41, 5.74) is 2.03. The number of hydrogen-bond acceptors (Lipinski definition) is 10. The van der Waals surface area contributed by atoms with E-state index in [1.807, 2.05) is 18.2 Å². The highest BCUT2D eigenvalue weighted by molar-refractivity contribution is 7.21. The normalized spacial score (nSPS) is 14.1. The number of carbonyl (C=O) groups excluding carboxylic acids is 2. The van der Waals surface area contributed by atoms with Crippen molar-refractivity contribution >= 4 is 67.0 Å². The summed E-state index contributed by atoms with van der Waals surface area (Å²) in [6.45, 7) is 5.26. The summed E-state index contributed by atoms with van der Waals surface area (Å²) in [6.07, 6.45) is 0. The first-order valence-electron chi connectivity index (χ1n) is 15.3. The molecule has 1 aliphatic rings. The van der Waals surface area contributed by atoms with Crippen LogP contribution < -0.4 is 19.7 Å². The zero-order valence-corrected chi connectivity index (χ0v) is 28.2. The van der Waals surface area contributed by atoms with E-state index < -0.39 is 0 Å². The number of amides is 2. The molecule has 0 saturated heterocycles. The van der Waals surface area contributed by atoms with Gasteiger partial charge in [-0.2, -0.15) is 0 Å². The van der Waals surface area contributed by atoms with Gasteiger partial charge >= 0.3 is 0 Å². The Balaban J connectivity index is 1.28. The minimum absolute atomic E-state index is 0.0762. The third kappa shape index (κ3) is 8.26. The van der Waals surface area contributed by atoms with Gasteiger partial charge < -0.3 is 43.7 Å². The van der Waals surface area contributed by atoms with Crippen molar-refractivity contribution in [3.63, 3.8) is 0 Å². The van der Waals surface area contributed by atoms with Gasteiger partial charge in [0.1, 0.15) is 23.9 Å². The number of benzene rings is 3. The Morgan fingerprint density at radius 1 is 0.936 bits per heavy atom. The molecule has 0 aliphatic carbocycles. The smallest absolute Gasteiger partial charge is 0.268 e. The highest BCUT2D eigenvalue weighted by Crippen LogP contribution is 2.47. The molecule has 0 fully saturated rings. The number of nitrogens with one attached hydrogen (secondary N) is 1. The third-order valence-electron chi connectivity index (χ3n) is 7.68. The minimum atomic E-state index is -0.246. The van der Waals surface area contributed by atoms with Gasteiger partial charge in [-0.15, -0.1) is 22.9 Å². The predicted molar refractivity (Wildman–Crippen MR) is 183 cm³/mol. The number of ether oxygens (including phenoxy) is 6. The molecule has 1 aliphatic heterocycles. The molecule has 2 amide bonds. The molecule has 0 unspecified atom stereocenters. The van der Waals surface area contributed by atoms with Gasteiger partial charge in [0.25, 0.3) is 5.91 Å². The molecule has 2 heterocycles.